The first-order chi connectivity index (χ1) is 14.9. The summed E-state index contributed by atoms with van der Waals surface area (Å²) >= 11 is 0. The van der Waals surface area contributed by atoms with Crippen LogP contribution in [0.2, 0.25) is 0 Å². The number of hydrogen-bond acceptors (Lipinski definition) is 4. The topological polar surface area (TPSA) is 100 Å². The van der Waals surface area contributed by atoms with Crippen LogP contribution in [0.15, 0.2) is 54.7 Å². The Morgan fingerprint density at radius 3 is 2.42 bits per heavy atom. The summed E-state index contributed by atoms with van der Waals surface area (Å²) in [7, 11) is -1.38. The van der Waals surface area contributed by atoms with Gasteiger partial charge in [0.15, 0.2) is 0 Å². The van der Waals surface area contributed by atoms with Crippen LogP contribution in [-0.2, 0) is 27.6 Å². The van der Waals surface area contributed by atoms with Crippen molar-refractivity contribution in [1.82, 2.24) is 14.8 Å². The predicted molar refractivity (Wildman–Crippen MR) is 122 cm³/mol. The monoisotopic (exact) mass is 443 g/mol. The predicted octanol–water partition coefficient (Wildman–Crippen LogP) is 3.72. The number of nitrogens with one attached hydrogen (secondary N) is 2. The molecule has 166 valence electrons. The highest BCUT2D eigenvalue weighted by Crippen LogP contribution is 2.25. The molecule has 0 radical (unpaired) electrons. The number of amides is 1. The minimum Gasteiger partial charge on any atom is -0.351 e. The Balaban J connectivity index is 1.48. The molecule has 1 aromatic heterocycles. The van der Waals surface area contributed by atoms with Crippen molar-refractivity contribution < 1.29 is 18.4 Å². The summed E-state index contributed by atoms with van der Waals surface area (Å²) in [6.07, 6.45) is 5.32. The molecule has 31 heavy (non-hydrogen) atoms. The van der Waals surface area contributed by atoms with Crippen molar-refractivity contribution in [2.75, 3.05) is 6.54 Å². The van der Waals surface area contributed by atoms with E-state index in [4.69, 9.17) is 5.21 Å². The van der Waals surface area contributed by atoms with Crippen LogP contribution in [0.5, 0.6) is 0 Å². The third-order valence-corrected chi connectivity index (χ3v) is 6.67. The van der Waals surface area contributed by atoms with E-state index in [0.29, 0.717) is 19.4 Å². The van der Waals surface area contributed by atoms with Gasteiger partial charge >= 0.3 is 0 Å². The molecule has 7 nitrogen and oxygen atoms in total. The summed E-state index contributed by atoms with van der Waals surface area (Å²) in [5.41, 5.74) is 5.64. The van der Waals surface area contributed by atoms with E-state index < -0.39 is 15.9 Å². The van der Waals surface area contributed by atoms with Crippen LogP contribution >= 0.6 is 0 Å². The van der Waals surface area contributed by atoms with Crippen LogP contribution in [0.3, 0.4) is 0 Å². The number of sulfonamides is 1. The molecule has 0 spiro atoms. The maximum Gasteiger partial charge on any atom is 0.243 e. The average molecular weight is 444 g/mol. The quantitative estimate of drug-likeness (QED) is 0.239. The molecule has 0 bridgehead atoms. The maximum absolute atomic E-state index is 12.3. The number of hydroxylamine groups is 1. The third-order valence-electron chi connectivity index (χ3n) is 5.31. The number of aryl methyl sites for hydroxylation is 1. The van der Waals surface area contributed by atoms with Crippen LogP contribution in [0.25, 0.3) is 22.0 Å². The molecule has 0 fully saturated rings. The third kappa shape index (κ3) is 6.65. The number of aromatic nitrogens is 1. The van der Waals surface area contributed by atoms with E-state index in [-0.39, 0.29) is 12.2 Å². The largest absolute Gasteiger partial charge is 0.351 e. The van der Waals surface area contributed by atoms with E-state index in [2.05, 4.69) is 33.6 Å². The minimum absolute atomic E-state index is 0.0548. The van der Waals surface area contributed by atoms with Gasteiger partial charge in [-0.15, -0.1) is 0 Å². The maximum atomic E-state index is 12.3. The second-order valence-electron chi connectivity index (χ2n) is 7.75. The first-order valence-electron chi connectivity index (χ1n) is 10.4. The summed E-state index contributed by atoms with van der Waals surface area (Å²) < 4.78 is 29.4. The molecular formula is C23H29N3O4S. The lowest BCUT2D eigenvalue weighted by molar-refractivity contribution is -0.129. The molecule has 2 aromatic carbocycles. The SMILES string of the molecule is Cn1ccc2ccc(-c3ccc(CS(=O)(=O)NCCCCCCC(=O)NO)cc3)cc21. The second-order valence-corrected chi connectivity index (χ2v) is 9.56. The van der Waals surface area contributed by atoms with Crippen molar-refractivity contribution in [2.24, 2.45) is 7.05 Å². The fourth-order valence-electron chi connectivity index (χ4n) is 3.55. The molecule has 8 heteroatoms. The second kappa shape index (κ2) is 10.6. The molecule has 0 atom stereocenters. The van der Waals surface area contributed by atoms with E-state index in [9.17, 15) is 13.2 Å². The molecule has 0 aliphatic carbocycles. The molecule has 3 rings (SSSR count). The van der Waals surface area contributed by atoms with E-state index in [0.717, 1.165) is 35.0 Å². The smallest absolute Gasteiger partial charge is 0.243 e. The lowest BCUT2D eigenvalue weighted by Gasteiger charge is -2.08. The number of benzene rings is 2. The highest BCUT2D eigenvalue weighted by molar-refractivity contribution is 7.88. The van der Waals surface area contributed by atoms with Gasteiger partial charge in [-0.3, -0.25) is 10.0 Å². The van der Waals surface area contributed by atoms with Gasteiger partial charge in [-0.25, -0.2) is 18.6 Å². The Hall–Kier alpha value is -2.68. The Bertz CT molecular complexity index is 1120. The minimum atomic E-state index is -3.40. The number of carbonyl (C=O) groups is 1. The molecule has 0 aliphatic heterocycles. The molecule has 0 saturated carbocycles. The summed E-state index contributed by atoms with van der Waals surface area (Å²) in [5.74, 6) is -0.451. The lowest BCUT2D eigenvalue weighted by atomic mass is 10.0. The molecule has 3 N–H and O–H groups in total. The van der Waals surface area contributed by atoms with Crippen molar-refractivity contribution in [3.05, 3.63) is 60.3 Å². The highest BCUT2D eigenvalue weighted by atomic mass is 32.2. The number of rotatable bonds is 11. The van der Waals surface area contributed by atoms with Gasteiger partial charge in [0.1, 0.15) is 0 Å². The Kier molecular flexibility index (Phi) is 7.84. The number of unbranched alkanes of at least 4 members (excludes halogenated alkanes) is 3. The van der Waals surface area contributed by atoms with E-state index >= 15 is 0 Å². The van der Waals surface area contributed by atoms with Crippen LogP contribution < -0.4 is 10.2 Å². The summed E-state index contributed by atoms with van der Waals surface area (Å²) in [5, 5.41) is 9.61. The zero-order valence-corrected chi connectivity index (χ0v) is 18.5. The van der Waals surface area contributed by atoms with Crippen molar-refractivity contribution in [3.63, 3.8) is 0 Å². The zero-order valence-electron chi connectivity index (χ0n) is 17.7. The fraction of sp³-hybridized carbons (Fsp3) is 0.348. The lowest BCUT2D eigenvalue weighted by Crippen LogP contribution is -2.26. The van der Waals surface area contributed by atoms with Gasteiger partial charge in [0, 0.05) is 31.7 Å². The first-order valence-corrected chi connectivity index (χ1v) is 12.1. The van der Waals surface area contributed by atoms with Crippen molar-refractivity contribution in [2.45, 2.75) is 37.9 Å². The molecule has 0 saturated heterocycles. The summed E-state index contributed by atoms with van der Waals surface area (Å²) in [6, 6.07) is 16.0. The molecule has 1 heterocycles. The number of hydrogen-bond donors (Lipinski definition) is 3. The highest BCUT2D eigenvalue weighted by Gasteiger charge is 2.11. The Labute approximate surface area is 183 Å². The van der Waals surface area contributed by atoms with Gasteiger partial charge in [-0.1, -0.05) is 49.2 Å². The molecule has 3 aromatic rings. The van der Waals surface area contributed by atoms with Crippen LogP contribution in [0.4, 0.5) is 0 Å². The average Bonchev–Trinajstić information content (AvgIpc) is 3.13. The van der Waals surface area contributed by atoms with Crippen LogP contribution in [-0.4, -0.2) is 30.6 Å². The van der Waals surface area contributed by atoms with Gasteiger partial charge in [0.25, 0.3) is 0 Å². The standard InChI is InChI=1S/C23H29N3O4S/c1-26-15-13-20-11-12-21(16-22(20)26)19-9-7-18(8-10-19)17-31(29,30)24-14-5-3-2-4-6-23(27)25-28/h7-13,15-16,24,28H,2-6,14,17H2,1H3,(H,25,27). The Morgan fingerprint density at radius 1 is 0.968 bits per heavy atom. The zero-order chi connectivity index (χ0) is 22.3. The normalized spacial score (nSPS) is 11.7. The van der Waals surface area contributed by atoms with E-state index in [1.165, 1.54) is 5.39 Å². The van der Waals surface area contributed by atoms with Crippen molar-refractivity contribution in [3.8, 4) is 11.1 Å². The number of nitrogens with zero attached hydrogens (tertiary/aromatic N) is 1. The van der Waals surface area contributed by atoms with Gasteiger partial charge in [0.2, 0.25) is 15.9 Å². The van der Waals surface area contributed by atoms with Crippen LogP contribution in [0, 0.1) is 0 Å². The number of carbonyl (C=O) groups excluding carboxylic acids is 1. The van der Waals surface area contributed by atoms with E-state index in [1.54, 1.807) is 5.48 Å². The van der Waals surface area contributed by atoms with Gasteiger partial charge < -0.3 is 4.57 Å². The molecular weight excluding hydrogens is 414 g/mol. The van der Waals surface area contributed by atoms with Gasteiger partial charge in [0.05, 0.1) is 5.75 Å². The summed E-state index contributed by atoms with van der Waals surface area (Å²) in [6.45, 7) is 0.378. The van der Waals surface area contributed by atoms with Gasteiger partial charge in [-0.2, -0.15) is 0 Å². The molecule has 0 aliphatic rings. The first kappa shape index (κ1) is 23.0. The van der Waals surface area contributed by atoms with Crippen LogP contribution in [0.1, 0.15) is 37.7 Å². The molecule has 0 unspecified atom stereocenters. The number of fused-ring (bicyclic) bond motifs is 1. The van der Waals surface area contributed by atoms with Crippen molar-refractivity contribution in [1.29, 1.82) is 0 Å². The van der Waals surface area contributed by atoms with Crippen molar-refractivity contribution >= 4 is 26.8 Å². The van der Waals surface area contributed by atoms with E-state index in [1.807, 2.05) is 37.5 Å². The Morgan fingerprint density at radius 2 is 1.68 bits per heavy atom. The molecule has 1 amide bonds. The summed E-state index contributed by atoms with van der Waals surface area (Å²) in [4.78, 5) is 10.9. The fourth-order valence-corrected chi connectivity index (χ4v) is 4.74. The van der Waals surface area contributed by atoms with Gasteiger partial charge in [-0.05, 0) is 47.1 Å².